The first-order valence-corrected chi connectivity index (χ1v) is 10.6. The number of carbonyl (C=O) groups excluding carboxylic acids is 1. The Hall–Kier alpha value is 0.170. The third-order valence-corrected chi connectivity index (χ3v) is 6.65. The molecule has 1 fully saturated rings. The highest BCUT2D eigenvalue weighted by atomic mass is 33.1. The molecule has 0 bridgehead atoms. The van der Waals surface area contributed by atoms with E-state index in [2.05, 4.69) is 6.92 Å². The molecule has 0 radical (unpaired) electrons. The molecule has 1 aliphatic rings. The Balaban J connectivity index is 1.80. The van der Waals surface area contributed by atoms with Crippen LogP contribution in [0.5, 0.6) is 0 Å². The van der Waals surface area contributed by atoms with Crippen LogP contribution in [0.4, 0.5) is 0 Å². The molecule has 1 saturated heterocycles. The van der Waals surface area contributed by atoms with Crippen LogP contribution in [0.2, 0.25) is 0 Å². The Labute approximate surface area is 132 Å². The third-order valence-electron chi connectivity index (χ3n) is 3.65. The first kappa shape index (κ1) is 18.2. The molecule has 118 valence electrons. The molecular formula is C16H30O2S2. The molecule has 1 heterocycles. The van der Waals surface area contributed by atoms with Gasteiger partial charge in [-0.05, 0) is 25.7 Å². The number of ether oxygens (including phenoxy) is 1. The van der Waals surface area contributed by atoms with E-state index in [9.17, 15) is 4.79 Å². The zero-order valence-electron chi connectivity index (χ0n) is 12.9. The van der Waals surface area contributed by atoms with Crippen molar-refractivity contribution in [2.24, 2.45) is 0 Å². The van der Waals surface area contributed by atoms with Crippen LogP contribution in [0.25, 0.3) is 0 Å². The van der Waals surface area contributed by atoms with Crippen molar-refractivity contribution < 1.29 is 9.53 Å². The van der Waals surface area contributed by atoms with Gasteiger partial charge in [-0.3, -0.25) is 4.79 Å². The topological polar surface area (TPSA) is 26.3 Å². The summed E-state index contributed by atoms with van der Waals surface area (Å²) in [6.45, 7) is 2.85. The molecule has 0 aliphatic carbocycles. The van der Waals surface area contributed by atoms with Crippen LogP contribution >= 0.6 is 21.6 Å². The van der Waals surface area contributed by atoms with Crippen LogP contribution in [-0.2, 0) is 9.53 Å². The van der Waals surface area contributed by atoms with E-state index in [0.717, 1.165) is 18.1 Å². The minimum Gasteiger partial charge on any atom is -0.466 e. The van der Waals surface area contributed by atoms with E-state index < -0.39 is 0 Å². The number of esters is 1. The number of hydrogen-bond donors (Lipinski definition) is 0. The maximum atomic E-state index is 11.5. The van der Waals surface area contributed by atoms with Crippen molar-refractivity contribution >= 4 is 27.6 Å². The lowest BCUT2D eigenvalue weighted by molar-refractivity contribution is -0.143. The summed E-state index contributed by atoms with van der Waals surface area (Å²) in [6.07, 6.45) is 12.8. The van der Waals surface area contributed by atoms with Gasteiger partial charge in [0, 0.05) is 17.4 Å². The second-order valence-electron chi connectivity index (χ2n) is 5.56. The standard InChI is InChI=1S/C16H30O2S2/c1-2-3-4-5-6-9-13-18-16(17)11-8-7-10-15-12-14-19-20-15/h15H,2-14H2,1H3/t15-/m0/s1. The summed E-state index contributed by atoms with van der Waals surface area (Å²) >= 11 is 0. The van der Waals surface area contributed by atoms with Gasteiger partial charge in [0.25, 0.3) is 0 Å². The van der Waals surface area contributed by atoms with Crippen LogP contribution in [0.3, 0.4) is 0 Å². The predicted octanol–water partition coefficient (Wildman–Crippen LogP) is 5.60. The van der Waals surface area contributed by atoms with E-state index in [1.807, 2.05) is 21.6 Å². The second-order valence-corrected chi connectivity index (χ2v) is 8.35. The molecule has 0 saturated carbocycles. The normalized spacial score (nSPS) is 18.4. The average molecular weight is 319 g/mol. The zero-order chi connectivity index (χ0) is 14.5. The summed E-state index contributed by atoms with van der Waals surface area (Å²) in [5, 5.41) is 0.833. The highest BCUT2D eigenvalue weighted by Crippen LogP contribution is 2.39. The lowest BCUT2D eigenvalue weighted by atomic mass is 10.1. The lowest BCUT2D eigenvalue weighted by Gasteiger charge is -2.07. The monoisotopic (exact) mass is 318 g/mol. The maximum Gasteiger partial charge on any atom is 0.305 e. The number of unbranched alkanes of at least 4 members (excludes halogenated alkanes) is 6. The quantitative estimate of drug-likeness (QED) is 0.266. The van der Waals surface area contributed by atoms with Gasteiger partial charge in [-0.1, -0.05) is 67.0 Å². The Bertz CT molecular complexity index is 241. The van der Waals surface area contributed by atoms with Crippen molar-refractivity contribution in [2.45, 2.75) is 82.8 Å². The fraction of sp³-hybridized carbons (Fsp3) is 0.938. The van der Waals surface area contributed by atoms with Gasteiger partial charge >= 0.3 is 5.97 Å². The van der Waals surface area contributed by atoms with Gasteiger partial charge in [-0.15, -0.1) is 0 Å². The van der Waals surface area contributed by atoms with Crippen molar-refractivity contribution in [1.29, 1.82) is 0 Å². The summed E-state index contributed by atoms with van der Waals surface area (Å²) in [4.78, 5) is 11.5. The summed E-state index contributed by atoms with van der Waals surface area (Å²) in [5.74, 6) is 1.31. The number of rotatable bonds is 12. The molecule has 0 unspecified atom stereocenters. The van der Waals surface area contributed by atoms with E-state index in [1.54, 1.807) is 0 Å². The lowest BCUT2D eigenvalue weighted by Crippen LogP contribution is -2.06. The van der Waals surface area contributed by atoms with Crippen molar-refractivity contribution in [1.82, 2.24) is 0 Å². The van der Waals surface area contributed by atoms with Crippen molar-refractivity contribution in [3.8, 4) is 0 Å². The Morgan fingerprint density at radius 2 is 1.90 bits per heavy atom. The van der Waals surface area contributed by atoms with E-state index in [4.69, 9.17) is 4.74 Å². The number of hydrogen-bond acceptors (Lipinski definition) is 4. The zero-order valence-corrected chi connectivity index (χ0v) is 14.5. The Kier molecular flexibility index (Phi) is 11.7. The fourth-order valence-corrected chi connectivity index (χ4v) is 5.37. The molecule has 1 atom stereocenters. The second kappa shape index (κ2) is 12.9. The van der Waals surface area contributed by atoms with Crippen LogP contribution < -0.4 is 0 Å². The fourth-order valence-electron chi connectivity index (χ4n) is 2.35. The van der Waals surface area contributed by atoms with Crippen LogP contribution in [-0.4, -0.2) is 23.6 Å². The first-order chi connectivity index (χ1) is 9.83. The van der Waals surface area contributed by atoms with Gasteiger partial charge in [-0.25, -0.2) is 0 Å². The van der Waals surface area contributed by atoms with Crippen LogP contribution in [0.15, 0.2) is 0 Å². The molecule has 0 aromatic carbocycles. The molecule has 0 amide bonds. The number of carbonyl (C=O) groups is 1. The minimum absolute atomic E-state index is 0.00649. The summed E-state index contributed by atoms with van der Waals surface area (Å²) in [6, 6.07) is 0. The van der Waals surface area contributed by atoms with Gasteiger partial charge in [0.05, 0.1) is 6.61 Å². The van der Waals surface area contributed by atoms with Gasteiger partial charge in [0.2, 0.25) is 0 Å². The summed E-state index contributed by atoms with van der Waals surface area (Å²) in [5.41, 5.74) is 0. The van der Waals surface area contributed by atoms with Crippen LogP contribution in [0, 0.1) is 0 Å². The smallest absolute Gasteiger partial charge is 0.305 e. The van der Waals surface area contributed by atoms with E-state index >= 15 is 0 Å². The van der Waals surface area contributed by atoms with Gasteiger partial charge in [-0.2, -0.15) is 0 Å². The molecule has 0 aromatic heterocycles. The molecule has 0 N–H and O–H groups in total. The highest BCUT2D eigenvalue weighted by Gasteiger charge is 2.15. The molecule has 20 heavy (non-hydrogen) atoms. The van der Waals surface area contributed by atoms with Gasteiger partial charge in [0.1, 0.15) is 0 Å². The molecular weight excluding hydrogens is 288 g/mol. The molecule has 0 spiro atoms. The van der Waals surface area contributed by atoms with E-state index in [-0.39, 0.29) is 5.97 Å². The molecule has 2 nitrogen and oxygen atoms in total. The SMILES string of the molecule is CCCCCCCCOC(=O)CCCC[C@H]1CCSS1. The van der Waals surface area contributed by atoms with E-state index in [0.29, 0.717) is 13.0 Å². The third kappa shape index (κ3) is 9.98. The van der Waals surface area contributed by atoms with Crippen molar-refractivity contribution in [3.63, 3.8) is 0 Å². The van der Waals surface area contributed by atoms with Gasteiger partial charge < -0.3 is 4.74 Å². The summed E-state index contributed by atoms with van der Waals surface area (Å²) in [7, 11) is 4.02. The summed E-state index contributed by atoms with van der Waals surface area (Å²) < 4.78 is 5.27. The van der Waals surface area contributed by atoms with E-state index in [1.165, 1.54) is 57.1 Å². The molecule has 0 aromatic rings. The Morgan fingerprint density at radius 1 is 1.10 bits per heavy atom. The molecule has 1 aliphatic heterocycles. The van der Waals surface area contributed by atoms with Crippen LogP contribution in [0.1, 0.15) is 77.6 Å². The highest BCUT2D eigenvalue weighted by molar-refractivity contribution is 8.77. The first-order valence-electron chi connectivity index (χ1n) is 8.27. The largest absolute Gasteiger partial charge is 0.466 e. The van der Waals surface area contributed by atoms with Crippen molar-refractivity contribution in [3.05, 3.63) is 0 Å². The Morgan fingerprint density at radius 3 is 2.65 bits per heavy atom. The van der Waals surface area contributed by atoms with Crippen molar-refractivity contribution in [2.75, 3.05) is 12.4 Å². The predicted molar refractivity (Wildman–Crippen MR) is 91.3 cm³/mol. The minimum atomic E-state index is 0.00649. The maximum absolute atomic E-state index is 11.5. The molecule has 4 heteroatoms. The average Bonchev–Trinajstić information content (AvgIpc) is 2.96. The molecule has 1 rings (SSSR count). The van der Waals surface area contributed by atoms with Gasteiger partial charge in [0.15, 0.2) is 0 Å².